The van der Waals surface area contributed by atoms with Crippen LogP contribution in [0, 0.1) is 0 Å². The summed E-state index contributed by atoms with van der Waals surface area (Å²) in [6.07, 6.45) is 0.676. The maximum atomic E-state index is 11.4. The Morgan fingerprint density at radius 2 is 2.08 bits per heavy atom. The zero-order valence-electron chi connectivity index (χ0n) is 8.04. The highest BCUT2D eigenvalue weighted by atomic mass is 32.2. The van der Waals surface area contributed by atoms with Crippen molar-refractivity contribution in [2.24, 2.45) is 0 Å². The molecule has 0 heterocycles. The van der Waals surface area contributed by atoms with E-state index in [4.69, 9.17) is 5.11 Å². The minimum absolute atomic E-state index is 0.154. The van der Waals surface area contributed by atoms with Gasteiger partial charge in [-0.15, -0.1) is 0 Å². The Labute approximate surface area is 77.0 Å². The summed E-state index contributed by atoms with van der Waals surface area (Å²) in [5, 5.41) is 11.9. The second-order valence-electron chi connectivity index (χ2n) is 3.09. The van der Waals surface area contributed by atoms with Gasteiger partial charge in [0.1, 0.15) is 0 Å². The third-order valence-electron chi connectivity index (χ3n) is 1.78. The Morgan fingerprint density at radius 1 is 1.50 bits per heavy atom. The van der Waals surface area contributed by atoms with Crippen LogP contribution in [0.4, 0.5) is 0 Å². The fourth-order valence-corrected chi connectivity index (χ4v) is 1.97. The molecule has 0 aromatic rings. The molecule has 0 rings (SSSR count). The van der Waals surface area contributed by atoms with Gasteiger partial charge >= 0.3 is 0 Å². The molecule has 0 aromatic heterocycles. The van der Waals surface area contributed by atoms with E-state index < -0.39 is 10.8 Å². The Hall–Kier alpha value is 0.0700. The third kappa shape index (κ3) is 4.85. The molecule has 0 amide bonds. The van der Waals surface area contributed by atoms with Gasteiger partial charge in [-0.2, -0.15) is 0 Å². The molecular formula is C8H19NO2S. The summed E-state index contributed by atoms with van der Waals surface area (Å²) in [4.78, 5) is 0. The van der Waals surface area contributed by atoms with E-state index in [0.29, 0.717) is 12.2 Å². The molecule has 0 aliphatic carbocycles. The maximum Gasteiger partial charge on any atom is 0.0446 e. The van der Waals surface area contributed by atoms with E-state index in [2.05, 4.69) is 5.32 Å². The lowest BCUT2D eigenvalue weighted by Gasteiger charge is -2.15. The topological polar surface area (TPSA) is 49.3 Å². The van der Waals surface area contributed by atoms with E-state index in [0.717, 1.165) is 0 Å². The average Bonchev–Trinajstić information content (AvgIpc) is 2.03. The summed E-state index contributed by atoms with van der Waals surface area (Å²) in [5.74, 6) is 0.634. The standard InChI is InChI=1S/C8H19NO2S/c1-7(2)12(11)6-8(9-3)4-5-10/h7-10H,4-6H2,1-3H3. The van der Waals surface area contributed by atoms with Gasteiger partial charge in [-0.25, -0.2) is 0 Å². The molecule has 0 saturated heterocycles. The van der Waals surface area contributed by atoms with Crippen LogP contribution in [0.1, 0.15) is 20.3 Å². The molecule has 2 unspecified atom stereocenters. The normalized spacial score (nSPS) is 16.4. The Balaban J connectivity index is 3.77. The number of nitrogens with one attached hydrogen (secondary N) is 1. The number of hydrogen-bond donors (Lipinski definition) is 2. The van der Waals surface area contributed by atoms with E-state index in [1.54, 1.807) is 0 Å². The average molecular weight is 193 g/mol. The van der Waals surface area contributed by atoms with Gasteiger partial charge < -0.3 is 10.4 Å². The van der Waals surface area contributed by atoms with Crippen LogP contribution in [-0.2, 0) is 10.8 Å². The molecule has 2 atom stereocenters. The highest BCUT2D eigenvalue weighted by Gasteiger charge is 2.12. The molecule has 74 valence electrons. The quantitative estimate of drug-likeness (QED) is 0.629. The molecule has 0 aliphatic rings. The van der Waals surface area contributed by atoms with Crippen LogP contribution in [0.2, 0.25) is 0 Å². The third-order valence-corrected chi connectivity index (χ3v) is 3.56. The molecule has 12 heavy (non-hydrogen) atoms. The Morgan fingerprint density at radius 3 is 2.42 bits per heavy atom. The summed E-state index contributed by atoms with van der Waals surface area (Å²) in [7, 11) is 1.05. The molecule has 0 bridgehead atoms. The maximum absolute atomic E-state index is 11.4. The smallest absolute Gasteiger partial charge is 0.0446 e. The predicted molar refractivity (Wildman–Crippen MR) is 52.7 cm³/mol. The molecule has 4 heteroatoms. The first-order valence-electron chi connectivity index (χ1n) is 4.27. The first-order chi connectivity index (χ1) is 5.61. The number of hydrogen-bond acceptors (Lipinski definition) is 3. The monoisotopic (exact) mass is 193 g/mol. The van der Waals surface area contributed by atoms with Gasteiger partial charge in [-0.05, 0) is 13.5 Å². The first kappa shape index (κ1) is 12.1. The van der Waals surface area contributed by atoms with Crippen LogP contribution in [0.25, 0.3) is 0 Å². The Kier molecular flexibility index (Phi) is 6.61. The second-order valence-corrected chi connectivity index (χ2v) is 5.13. The lowest BCUT2D eigenvalue weighted by Crippen LogP contribution is -2.33. The zero-order chi connectivity index (χ0) is 9.56. The number of aliphatic hydroxyl groups excluding tert-OH is 1. The molecule has 3 nitrogen and oxygen atoms in total. The number of aliphatic hydroxyl groups is 1. The second kappa shape index (κ2) is 6.57. The van der Waals surface area contributed by atoms with Crippen molar-refractivity contribution >= 4 is 10.8 Å². The van der Waals surface area contributed by atoms with Gasteiger partial charge in [0, 0.05) is 34.5 Å². The fraction of sp³-hybridized carbons (Fsp3) is 1.00. The minimum Gasteiger partial charge on any atom is -0.396 e. The van der Waals surface area contributed by atoms with Crippen LogP contribution in [0.5, 0.6) is 0 Å². The van der Waals surface area contributed by atoms with Gasteiger partial charge in [0.25, 0.3) is 0 Å². The van der Waals surface area contributed by atoms with Crippen molar-refractivity contribution < 1.29 is 9.32 Å². The van der Waals surface area contributed by atoms with Gasteiger partial charge in [0.15, 0.2) is 0 Å². The molecule has 2 N–H and O–H groups in total. The fourth-order valence-electron chi connectivity index (χ4n) is 0.858. The summed E-state index contributed by atoms with van der Waals surface area (Å²) in [6, 6.07) is 0.179. The van der Waals surface area contributed by atoms with Crippen LogP contribution < -0.4 is 5.32 Å². The van der Waals surface area contributed by atoms with Crippen LogP contribution in [0.15, 0.2) is 0 Å². The first-order valence-corrected chi connectivity index (χ1v) is 5.65. The lowest BCUT2D eigenvalue weighted by atomic mass is 10.2. The van der Waals surface area contributed by atoms with Crippen molar-refractivity contribution in [2.45, 2.75) is 31.6 Å². The van der Waals surface area contributed by atoms with Gasteiger partial charge in [-0.1, -0.05) is 13.8 Å². The van der Waals surface area contributed by atoms with E-state index in [1.807, 2.05) is 20.9 Å². The molecule has 0 spiro atoms. The van der Waals surface area contributed by atoms with Gasteiger partial charge in [-0.3, -0.25) is 4.21 Å². The lowest BCUT2D eigenvalue weighted by molar-refractivity contribution is 0.272. The van der Waals surface area contributed by atoms with Gasteiger partial charge in [0.2, 0.25) is 0 Å². The molecule has 0 fully saturated rings. The van der Waals surface area contributed by atoms with E-state index in [-0.39, 0.29) is 17.9 Å². The van der Waals surface area contributed by atoms with Crippen LogP contribution in [0.3, 0.4) is 0 Å². The van der Waals surface area contributed by atoms with Crippen molar-refractivity contribution in [1.82, 2.24) is 5.32 Å². The zero-order valence-corrected chi connectivity index (χ0v) is 8.86. The molecule has 0 saturated carbocycles. The number of rotatable bonds is 6. The summed E-state index contributed by atoms with van der Waals surface area (Å²) < 4.78 is 11.4. The van der Waals surface area contributed by atoms with Crippen molar-refractivity contribution in [3.63, 3.8) is 0 Å². The molecule has 0 aromatic carbocycles. The molecular weight excluding hydrogens is 174 g/mol. The summed E-state index contributed by atoms with van der Waals surface area (Å²) in [5.41, 5.74) is 0. The highest BCUT2D eigenvalue weighted by Crippen LogP contribution is 1.99. The molecule has 0 aliphatic heterocycles. The molecule has 0 radical (unpaired) electrons. The van der Waals surface area contributed by atoms with Crippen molar-refractivity contribution in [3.8, 4) is 0 Å². The van der Waals surface area contributed by atoms with Crippen molar-refractivity contribution in [3.05, 3.63) is 0 Å². The van der Waals surface area contributed by atoms with Crippen LogP contribution >= 0.6 is 0 Å². The Bertz CT molecular complexity index is 139. The van der Waals surface area contributed by atoms with Gasteiger partial charge in [0.05, 0.1) is 0 Å². The summed E-state index contributed by atoms with van der Waals surface area (Å²) in [6.45, 7) is 4.05. The predicted octanol–water partition coefficient (Wildman–Crippen LogP) is 0.114. The SMILES string of the molecule is CNC(CCO)CS(=O)C(C)C. The minimum atomic E-state index is -0.777. The van der Waals surface area contributed by atoms with Crippen LogP contribution in [-0.4, -0.2) is 40.0 Å². The summed E-state index contributed by atoms with van der Waals surface area (Å²) >= 11 is 0. The van der Waals surface area contributed by atoms with E-state index in [1.165, 1.54) is 0 Å². The largest absolute Gasteiger partial charge is 0.396 e. The van der Waals surface area contributed by atoms with E-state index >= 15 is 0 Å². The van der Waals surface area contributed by atoms with Crippen molar-refractivity contribution in [1.29, 1.82) is 0 Å². The van der Waals surface area contributed by atoms with E-state index in [9.17, 15) is 4.21 Å². The highest BCUT2D eigenvalue weighted by molar-refractivity contribution is 7.85. The van der Waals surface area contributed by atoms with Crippen molar-refractivity contribution in [2.75, 3.05) is 19.4 Å².